The predicted molar refractivity (Wildman–Crippen MR) is 108 cm³/mol. The number of unbranched alkanes of at least 4 members (excludes halogenated alkanes) is 5. The molecule has 2 rings (SSSR count). The molecule has 0 aliphatic carbocycles. The van der Waals surface area contributed by atoms with Crippen molar-refractivity contribution in [1.29, 1.82) is 0 Å². The van der Waals surface area contributed by atoms with Crippen molar-refractivity contribution in [2.75, 3.05) is 6.61 Å². The first kappa shape index (κ1) is 20.9. The highest BCUT2D eigenvalue weighted by Crippen LogP contribution is 2.33. The minimum Gasteiger partial charge on any atom is -0.493 e. The number of ether oxygens (including phenoxy) is 1. The summed E-state index contributed by atoms with van der Waals surface area (Å²) in [5.74, 6) is 0.0461. The zero-order valence-electron chi connectivity index (χ0n) is 15.6. The van der Waals surface area contributed by atoms with Crippen LogP contribution in [0, 0.1) is 5.82 Å². The molecule has 2 nitrogen and oxygen atoms in total. The Labute approximate surface area is 164 Å². The van der Waals surface area contributed by atoms with Gasteiger partial charge in [-0.15, -0.1) is 0 Å². The largest absolute Gasteiger partial charge is 0.493 e. The topological polar surface area (TPSA) is 29.5 Å². The highest BCUT2D eigenvalue weighted by Gasteiger charge is 2.29. The fraction of sp³-hybridized carbons (Fsp3) is 0.455. The molecule has 1 N–H and O–H groups in total. The Morgan fingerprint density at radius 2 is 1.65 bits per heavy atom. The van der Waals surface area contributed by atoms with Crippen LogP contribution < -0.4 is 4.74 Å². The Kier molecular flexibility index (Phi) is 8.11. The number of halogens is 2. The van der Waals surface area contributed by atoms with Gasteiger partial charge in [0.25, 0.3) is 0 Å². The van der Waals surface area contributed by atoms with E-state index in [2.05, 4.69) is 22.9 Å². The van der Waals surface area contributed by atoms with Gasteiger partial charge in [0.05, 0.1) is 6.61 Å². The van der Waals surface area contributed by atoms with Gasteiger partial charge in [-0.3, -0.25) is 0 Å². The first-order valence-electron chi connectivity index (χ1n) is 9.36. The molecule has 2 aromatic carbocycles. The lowest BCUT2D eigenvalue weighted by Gasteiger charge is -2.25. The molecule has 0 radical (unpaired) electrons. The Morgan fingerprint density at radius 1 is 1.00 bits per heavy atom. The second-order valence-electron chi connectivity index (χ2n) is 6.84. The van der Waals surface area contributed by atoms with Crippen LogP contribution in [0.15, 0.2) is 46.9 Å². The summed E-state index contributed by atoms with van der Waals surface area (Å²) in [6, 6.07) is 11.9. The summed E-state index contributed by atoms with van der Waals surface area (Å²) < 4.78 is 21.1. The number of benzene rings is 2. The predicted octanol–water partition coefficient (Wildman–Crippen LogP) is 6.58. The van der Waals surface area contributed by atoms with Crippen molar-refractivity contribution < 1.29 is 14.2 Å². The highest BCUT2D eigenvalue weighted by molar-refractivity contribution is 9.10. The lowest BCUT2D eigenvalue weighted by molar-refractivity contribution is 0.0978. The standard InChI is InChI=1S/C22H28BrFO2/c1-3-4-5-6-7-8-15-26-19-13-14-20(21(24)16-19)22(2,25)17-9-11-18(23)12-10-17/h9-14,16,25H,3-8,15H2,1-2H3. The van der Waals surface area contributed by atoms with Gasteiger partial charge in [0.2, 0.25) is 0 Å². The highest BCUT2D eigenvalue weighted by atomic mass is 79.9. The maximum absolute atomic E-state index is 14.6. The summed E-state index contributed by atoms with van der Waals surface area (Å²) in [6.45, 7) is 4.40. The molecular formula is C22H28BrFO2. The van der Waals surface area contributed by atoms with Gasteiger partial charge in [-0.2, -0.15) is 0 Å². The van der Waals surface area contributed by atoms with Crippen molar-refractivity contribution >= 4 is 15.9 Å². The zero-order chi connectivity index (χ0) is 19.0. The van der Waals surface area contributed by atoms with Crippen LogP contribution in [0.2, 0.25) is 0 Å². The van der Waals surface area contributed by atoms with Gasteiger partial charge in [0.1, 0.15) is 17.2 Å². The molecule has 0 aliphatic rings. The van der Waals surface area contributed by atoms with Crippen LogP contribution in [0.1, 0.15) is 63.5 Å². The fourth-order valence-corrected chi connectivity index (χ4v) is 3.25. The second-order valence-corrected chi connectivity index (χ2v) is 7.75. The Morgan fingerprint density at radius 3 is 2.31 bits per heavy atom. The average molecular weight is 423 g/mol. The van der Waals surface area contributed by atoms with Crippen molar-refractivity contribution in [2.45, 2.75) is 58.0 Å². The Balaban J connectivity index is 1.95. The van der Waals surface area contributed by atoms with E-state index in [4.69, 9.17) is 4.74 Å². The van der Waals surface area contributed by atoms with E-state index in [1.165, 1.54) is 31.7 Å². The molecule has 26 heavy (non-hydrogen) atoms. The minimum absolute atomic E-state index is 0.242. The quantitative estimate of drug-likeness (QED) is 0.437. The third-order valence-electron chi connectivity index (χ3n) is 4.64. The van der Waals surface area contributed by atoms with Crippen LogP contribution in [-0.4, -0.2) is 11.7 Å². The number of aliphatic hydroxyl groups is 1. The molecule has 142 valence electrons. The molecule has 4 heteroatoms. The third kappa shape index (κ3) is 5.82. The maximum Gasteiger partial charge on any atom is 0.133 e. The van der Waals surface area contributed by atoms with Crippen molar-refractivity contribution in [2.24, 2.45) is 0 Å². The second kappa shape index (κ2) is 10.1. The van der Waals surface area contributed by atoms with Crippen LogP contribution in [0.4, 0.5) is 4.39 Å². The fourth-order valence-electron chi connectivity index (χ4n) is 2.98. The van der Waals surface area contributed by atoms with E-state index in [1.807, 2.05) is 12.1 Å². The first-order valence-corrected chi connectivity index (χ1v) is 10.2. The molecule has 0 amide bonds. The normalized spacial score (nSPS) is 13.4. The Hall–Kier alpha value is -1.39. The molecule has 0 saturated carbocycles. The van der Waals surface area contributed by atoms with Crippen LogP contribution in [0.25, 0.3) is 0 Å². The molecule has 0 bridgehead atoms. The van der Waals surface area contributed by atoms with Gasteiger partial charge in [-0.1, -0.05) is 67.1 Å². The van der Waals surface area contributed by atoms with E-state index in [0.29, 0.717) is 17.9 Å². The van der Waals surface area contributed by atoms with Crippen LogP contribution in [0.5, 0.6) is 5.75 Å². The molecule has 0 fully saturated rings. The van der Waals surface area contributed by atoms with E-state index in [0.717, 1.165) is 17.3 Å². The number of rotatable bonds is 10. The van der Waals surface area contributed by atoms with E-state index < -0.39 is 11.4 Å². The summed E-state index contributed by atoms with van der Waals surface area (Å²) in [7, 11) is 0. The lowest BCUT2D eigenvalue weighted by atomic mass is 9.88. The molecule has 0 saturated heterocycles. The molecule has 2 aromatic rings. The summed E-state index contributed by atoms with van der Waals surface area (Å²) in [5, 5.41) is 10.8. The number of hydrogen-bond donors (Lipinski definition) is 1. The van der Waals surface area contributed by atoms with E-state index in [-0.39, 0.29) is 5.56 Å². The van der Waals surface area contributed by atoms with E-state index >= 15 is 0 Å². The van der Waals surface area contributed by atoms with Gasteiger partial charge in [-0.05, 0) is 43.2 Å². The van der Waals surface area contributed by atoms with Crippen LogP contribution in [0.3, 0.4) is 0 Å². The minimum atomic E-state index is -1.40. The number of hydrogen-bond acceptors (Lipinski definition) is 2. The summed E-state index contributed by atoms with van der Waals surface area (Å²) >= 11 is 3.37. The SMILES string of the molecule is CCCCCCCCOc1ccc(C(C)(O)c2ccc(Br)cc2)c(F)c1. The van der Waals surface area contributed by atoms with Gasteiger partial charge < -0.3 is 9.84 Å². The molecule has 0 aromatic heterocycles. The van der Waals surface area contributed by atoms with E-state index in [9.17, 15) is 9.50 Å². The molecule has 1 unspecified atom stereocenters. The van der Waals surface area contributed by atoms with Crippen molar-refractivity contribution in [3.8, 4) is 5.75 Å². The summed E-state index contributed by atoms with van der Waals surface area (Å²) in [4.78, 5) is 0. The first-order chi connectivity index (χ1) is 12.4. The van der Waals surface area contributed by atoms with Gasteiger partial charge >= 0.3 is 0 Å². The van der Waals surface area contributed by atoms with Crippen molar-refractivity contribution in [3.05, 3.63) is 63.9 Å². The van der Waals surface area contributed by atoms with Crippen molar-refractivity contribution in [1.82, 2.24) is 0 Å². The molecular weight excluding hydrogens is 395 g/mol. The maximum atomic E-state index is 14.6. The van der Waals surface area contributed by atoms with Gasteiger partial charge in [0, 0.05) is 16.1 Å². The third-order valence-corrected chi connectivity index (χ3v) is 5.17. The van der Waals surface area contributed by atoms with Crippen LogP contribution in [-0.2, 0) is 5.60 Å². The van der Waals surface area contributed by atoms with Crippen molar-refractivity contribution in [3.63, 3.8) is 0 Å². The molecule has 1 atom stereocenters. The van der Waals surface area contributed by atoms with Gasteiger partial charge in [-0.25, -0.2) is 4.39 Å². The molecule has 0 heterocycles. The summed E-state index contributed by atoms with van der Waals surface area (Å²) in [5.41, 5.74) is -0.519. The smallest absolute Gasteiger partial charge is 0.133 e. The Bertz CT molecular complexity index is 683. The van der Waals surface area contributed by atoms with E-state index in [1.54, 1.807) is 31.2 Å². The average Bonchev–Trinajstić information content (AvgIpc) is 2.61. The zero-order valence-corrected chi connectivity index (χ0v) is 17.2. The van der Waals surface area contributed by atoms with Crippen LogP contribution >= 0.6 is 15.9 Å². The monoisotopic (exact) mass is 422 g/mol. The molecule has 0 spiro atoms. The molecule has 0 aliphatic heterocycles. The lowest BCUT2D eigenvalue weighted by Crippen LogP contribution is -2.24. The summed E-state index contributed by atoms with van der Waals surface area (Å²) in [6.07, 6.45) is 7.13. The van der Waals surface area contributed by atoms with Gasteiger partial charge in [0.15, 0.2) is 0 Å².